The minimum atomic E-state index is 0.605. The second kappa shape index (κ2) is 11.0. The fraction of sp³-hybridized carbons (Fsp3) is 0. The van der Waals surface area contributed by atoms with Gasteiger partial charge >= 0.3 is 0 Å². The molecule has 2 aromatic heterocycles. The van der Waals surface area contributed by atoms with Crippen LogP contribution in [0.3, 0.4) is 0 Å². The van der Waals surface area contributed by atoms with Crippen molar-refractivity contribution in [1.82, 2.24) is 15.0 Å². The summed E-state index contributed by atoms with van der Waals surface area (Å²) in [5, 5.41) is 9.21. The van der Waals surface area contributed by atoms with E-state index in [1.807, 2.05) is 48.5 Å². The van der Waals surface area contributed by atoms with Crippen molar-refractivity contribution in [3.05, 3.63) is 164 Å². The van der Waals surface area contributed by atoms with E-state index in [-0.39, 0.29) is 0 Å². The first-order valence-corrected chi connectivity index (χ1v) is 16.4. The number of benzene rings is 8. The Bertz CT molecular complexity index is 2880. The zero-order valence-electron chi connectivity index (χ0n) is 26.3. The van der Waals surface area contributed by atoms with Gasteiger partial charge in [-0.05, 0) is 61.6 Å². The highest BCUT2D eigenvalue weighted by molar-refractivity contribution is 6.19. The van der Waals surface area contributed by atoms with Gasteiger partial charge < -0.3 is 4.42 Å². The van der Waals surface area contributed by atoms with Crippen LogP contribution >= 0.6 is 0 Å². The fourth-order valence-corrected chi connectivity index (χ4v) is 7.21. The molecule has 0 aliphatic carbocycles. The highest BCUT2D eigenvalue weighted by Gasteiger charge is 2.19. The second-order valence-corrected chi connectivity index (χ2v) is 12.4. The Morgan fingerprint density at radius 2 is 0.918 bits per heavy atom. The highest BCUT2D eigenvalue weighted by Crippen LogP contribution is 2.39. The largest absolute Gasteiger partial charge is 0.456 e. The van der Waals surface area contributed by atoms with E-state index in [1.165, 1.54) is 26.9 Å². The maximum Gasteiger partial charge on any atom is 0.164 e. The van der Waals surface area contributed by atoms with Gasteiger partial charge in [0.05, 0.1) is 0 Å². The SMILES string of the molecule is c1ccc(-c2ccc3c(c2)oc2cccc(-c4nc(-c5ccccc5)nc(-c5cccc6c5ccc5c7ccccc7ccc65)n4)c23)cc1. The molecule has 0 radical (unpaired) electrons. The van der Waals surface area contributed by atoms with Crippen molar-refractivity contribution in [3.8, 4) is 45.3 Å². The molecule has 228 valence electrons. The molecule has 4 heteroatoms. The van der Waals surface area contributed by atoms with Gasteiger partial charge in [-0.2, -0.15) is 0 Å². The summed E-state index contributed by atoms with van der Waals surface area (Å²) >= 11 is 0. The van der Waals surface area contributed by atoms with Crippen LogP contribution in [-0.2, 0) is 0 Å². The van der Waals surface area contributed by atoms with Gasteiger partial charge in [0.2, 0.25) is 0 Å². The quantitative estimate of drug-likeness (QED) is 0.183. The van der Waals surface area contributed by atoms with Gasteiger partial charge in [0.25, 0.3) is 0 Å². The number of nitrogens with zero attached hydrogens (tertiary/aromatic N) is 3. The number of furan rings is 1. The van der Waals surface area contributed by atoms with Gasteiger partial charge in [0, 0.05) is 27.5 Å². The average molecular weight is 626 g/mol. The Balaban J connectivity index is 1.20. The van der Waals surface area contributed by atoms with Crippen LogP contribution in [0.15, 0.2) is 168 Å². The zero-order valence-corrected chi connectivity index (χ0v) is 26.3. The molecule has 8 aromatic carbocycles. The van der Waals surface area contributed by atoms with E-state index in [0.29, 0.717) is 17.5 Å². The number of rotatable bonds is 4. The van der Waals surface area contributed by atoms with E-state index in [4.69, 9.17) is 19.4 Å². The zero-order chi connectivity index (χ0) is 32.3. The lowest BCUT2D eigenvalue weighted by Gasteiger charge is -2.12. The molecule has 0 spiro atoms. The third kappa shape index (κ3) is 4.49. The van der Waals surface area contributed by atoms with Crippen LogP contribution in [0.25, 0.3) is 99.5 Å². The van der Waals surface area contributed by atoms with Gasteiger partial charge in [-0.1, -0.05) is 146 Å². The van der Waals surface area contributed by atoms with E-state index in [0.717, 1.165) is 55.1 Å². The third-order valence-electron chi connectivity index (χ3n) is 9.54. The van der Waals surface area contributed by atoms with Crippen molar-refractivity contribution < 1.29 is 4.42 Å². The first-order chi connectivity index (χ1) is 24.3. The van der Waals surface area contributed by atoms with Gasteiger partial charge in [-0.25, -0.2) is 15.0 Å². The summed E-state index contributed by atoms with van der Waals surface area (Å²) in [4.78, 5) is 15.4. The van der Waals surface area contributed by atoms with Crippen molar-refractivity contribution in [3.63, 3.8) is 0 Å². The smallest absolute Gasteiger partial charge is 0.164 e. The molecule has 0 atom stereocenters. The van der Waals surface area contributed by atoms with Crippen LogP contribution in [0.4, 0.5) is 0 Å². The summed E-state index contributed by atoms with van der Waals surface area (Å²) in [5.74, 6) is 1.86. The highest BCUT2D eigenvalue weighted by atomic mass is 16.3. The van der Waals surface area contributed by atoms with E-state index in [2.05, 4.69) is 115 Å². The molecule has 0 aliphatic rings. The van der Waals surface area contributed by atoms with Crippen molar-refractivity contribution in [2.45, 2.75) is 0 Å². The first-order valence-electron chi connectivity index (χ1n) is 16.4. The average Bonchev–Trinajstić information content (AvgIpc) is 3.56. The molecule has 10 rings (SSSR count). The van der Waals surface area contributed by atoms with Crippen LogP contribution < -0.4 is 0 Å². The number of aromatic nitrogens is 3. The lowest BCUT2D eigenvalue weighted by atomic mass is 9.95. The Kier molecular flexibility index (Phi) is 6.15. The van der Waals surface area contributed by atoms with Gasteiger partial charge in [-0.15, -0.1) is 0 Å². The normalized spacial score (nSPS) is 11.7. The molecule has 0 unspecified atom stereocenters. The summed E-state index contributed by atoms with van der Waals surface area (Å²) < 4.78 is 6.46. The summed E-state index contributed by atoms with van der Waals surface area (Å²) in [6, 6.07) is 56.9. The van der Waals surface area contributed by atoms with Crippen molar-refractivity contribution in [1.29, 1.82) is 0 Å². The first kappa shape index (κ1) is 27.5. The fourth-order valence-electron chi connectivity index (χ4n) is 7.21. The monoisotopic (exact) mass is 625 g/mol. The minimum Gasteiger partial charge on any atom is -0.456 e. The topological polar surface area (TPSA) is 51.8 Å². The molecular weight excluding hydrogens is 599 g/mol. The maximum atomic E-state index is 6.46. The third-order valence-corrected chi connectivity index (χ3v) is 9.54. The summed E-state index contributed by atoms with van der Waals surface area (Å²) in [7, 11) is 0. The standard InChI is InChI=1S/C45H27N3O/c1-3-11-28(12-4-1)31-22-24-38-41(27-31)49-40-20-10-19-39(42(38)40)45-47-43(30-14-5-2-6-15-30)46-44(48-45)37-18-9-17-33-35-23-21-29-13-7-8-16-32(29)34(35)25-26-36(33)37/h1-27H. The predicted molar refractivity (Wildman–Crippen MR) is 201 cm³/mol. The molecule has 0 N–H and O–H groups in total. The van der Waals surface area contributed by atoms with Crippen LogP contribution in [0.1, 0.15) is 0 Å². The molecule has 2 heterocycles. The molecule has 0 saturated heterocycles. The van der Waals surface area contributed by atoms with Gasteiger partial charge in [-0.3, -0.25) is 0 Å². The van der Waals surface area contributed by atoms with Crippen LogP contribution in [0, 0.1) is 0 Å². The van der Waals surface area contributed by atoms with Crippen molar-refractivity contribution in [2.24, 2.45) is 0 Å². The summed E-state index contributed by atoms with van der Waals surface area (Å²) in [6.45, 7) is 0. The van der Waals surface area contributed by atoms with Gasteiger partial charge in [0.1, 0.15) is 11.2 Å². The van der Waals surface area contributed by atoms with Crippen molar-refractivity contribution in [2.75, 3.05) is 0 Å². The Labute approximate surface area is 282 Å². The molecule has 0 fully saturated rings. The van der Waals surface area contributed by atoms with Crippen LogP contribution in [0.2, 0.25) is 0 Å². The molecule has 0 amide bonds. The van der Waals surface area contributed by atoms with Crippen molar-refractivity contribution >= 4 is 54.3 Å². The minimum absolute atomic E-state index is 0.605. The number of fused-ring (bicyclic) bond motifs is 8. The lowest BCUT2D eigenvalue weighted by molar-refractivity contribution is 0.669. The molecule has 0 saturated carbocycles. The van der Waals surface area contributed by atoms with E-state index in [9.17, 15) is 0 Å². The van der Waals surface area contributed by atoms with Crippen LogP contribution in [0.5, 0.6) is 0 Å². The molecular formula is C45H27N3O. The molecule has 10 aromatic rings. The van der Waals surface area contributed by atoms with E-state index in [1.54, 1.807) is 0 Å². The summed E-state index contributed by atoms with van der Waals surface area (Å²) in [6.07, 6.45) is 0. The Morgan fingerprint density at radius 1 is 0.327 bits per heavy atom. The van der Waals surface area contributed by atoms with Crippen LogP contribution in [-0.4, -0.2) is 15.0 Å². The summed E-state index contributed by atoms with van der Waals surface area (Å²) in [5.41, 5.74) is 6.68. The maximum absolute atomic E-state index is 6.46. The Hall–Kier alpha value is -6.65. The van der Waals surface area contributed by atoms with Gasteiger partial charge in [0.15, 0.2) is 17.5 Å². The second-order valence-electron chi connectivity index (χ2n) is 12.4. The molecule has 49 heavy (non-hydrogen) atoms. The molecule has 0 bridgehead atoms. The lowest BCUT2D eigenvalue weighted by Crippen LogP contribution is -2.01. The van der Waals surface area contributed by atoms with E-state index >= 15 is 0 Å². The Morgan fingerprint density at radius 3 is 1.78 bits per heavy atom. The predicted octanol–water partition coefficient (Wildman–Crippen LogP) is 11.9. The molecule has 4 nitrogen and oxygen atoms in total. The number of hydrogen-bond acceptors (Lipinski definition) is 4. The number of hydrogen-bond donors (Lipinski definition) is 0. The van der Waals surface area contributed by atoms with E-state index < -0.39 is 0 Å². The molecule has 0 aliphatic heterocycles.